The van der Waals surface area contributed by atoms with Gasteiger partial charge in [-0.25, -0.2) is 4.79 Å². The van der Waals surface area contributed by atoms with E-state index < -0.39 is 27.4 Å². The largest absolute Gasteiger partial charge is 0.440 e. The van der Waals surface area contributed by atoms with Crippen LogP contribution in [-0.2, 0) is 19.6 Å². The van der Waals surface area contributed by atoms with Crippen molar-refractivity contribution in [3.8, 4) is 0 Å². The van der Waals surface area contributed by atoms with Crippen molar-refractivity contribution in [2.75, 3.05) is 0 Å². The van der Waals surface area contributed by atoms with Gasteiger partial charge in [0, 0.05) is 11.5 Å². The van der Waals surface area contributed by atoms with E-state index in [2.05, 4.69) is 11.3 Å². The van der Waals surface area contributed by atoms with Crippen LogP contribution in [0.25, 0.3) is 0 Å². The maximum Gasteiger partial charge on any atom is 0.334 e. The molecule has 14 heavy (non-hydrogen) atoms. The highest BCUT2D eigenvalue weighted by Gasteiger charge is 2.30. The zero-order valence-corrected chi connectivity index (χ0v) is 9.17. The fourth-order valence-electron chi connectivity index (χ4n) is 0.747. The van der Waals surface area contributed by atoms with Crippen LogP contribution in [0.3, 0.4) is 0 Å². The van der Waals surface area contributed by atoms with Crippen LogP contribution in [0.5, 0.6) is 0 Å². The quantitative estimate of drug-likeness (QED) is 0.435. The van der Waals surface area contributed by atoms with Crippen LogP contribution in [0.4, 0.5) is 0 Å². The molecule has 0 radical (unpaired) electrons. The lowest BCUT2D eigenvalue weighted by Crippen LogP contribution is -2.31. The smallest absolute Gasteiger partial charge is 0.334 e. The summed E-state index contributed by atoms with van der Waals surface area (Å²) in [5.41, 5.74) is -1.45. The molecule has 0 fully saturated rings. The normalized spacial score (nSPS) is 13.8. The molecular formula is C8H14O5S. The lowest BCUT2D eigenvalue weighted by molar-refractivity contribution is -0.142. The van der Waals surface area contributed by atoms with Gasteiger partial charge < -0.3 is 4.74 Å². The van der Waals surface area contributed by atoms with Gasteiger partial charge in [0.2, 0.25) is 5.44 Å². The van der Waals surface area contributed by atoms with Crippen molar-refractivity contribution in [2.24, 2.45) is 5.92 Å². The van der Waals surface area contributed by atoms with Crippen molar-refractivity contribution < 1.29 is 22.5 Å². The van der Waals surface area contributed by atoms with Gasteiger partial charge >= 0.3 is 16.1 Å². The van der Waals surface area contributed by atoms with Crippen molar-refractivity contribution in [2.45, 2.75) is 26.2 Å². The molecule has 0 amide bonds. The van der Waals surface area contributed by atoms with Gasteiger partial charge in [-0.05, 0) is 6.92 Å². The van der Waals surface area contributed by atoms with Crippen molar-refractivity contribution in [1.29, 1.82) is 0 Å². The van der Waals surface area contributed by atoms with Gasteiger partial charge in [0.1, 0.15) is 0 Å². The molecular weight excluding hydrogens is 208 g/mol. The summed E-state index contributed by atoms with van der Waals surface area (Å²) in [6, 6.07) is 0. The van der Waals surface area contributed by atoms with E-state index >= 15 is 0 Å². The first-order valence-electron chi connectivity index (χ1n) is 3.99. The Hall–Kier alpha value is -0.880. The Morgan fingerprint density at radius 2 is 1.86 bits per heavy atom. The standard InChI is InChI=1S/C8H14O5S/c1-5(2)7(9)13-8(6(3)4)14(10,11)12/h6,8H,1H2,2-4H3,(H,10,11,12). The Labute approximate surface area is 83.5 Å². The number of esters is 1. The second kappa shape index (κ2) is 4.56. The van der Waals surface area contributed by atoms with E-state index in [1.165, 1.54) is 20.8 Å². The number of carbonyl (C=O) groups is 1. The second-order valence-corrected chi connectivity index (χ2v) is 4.81. The summed E-state index contributed by atoms with van der Waals surface area (Å²) >= 11 is 0. The summed E-state index contributed by atoms with van der Waals surface area (Å²) in [6.45, 7) is 7.73. The maximum absolute atomic E-state index is 11.0. The monoisotopic (exact) mass is 222 g/mol. The third kappa shape index (κ3) is 3.89. The van der Waals surface area contributed by atoms with E-state index in [-0.39, 0.29) is 5.57 Å². The summed E-state index contributed by atoms with van der Waals surface area (Å²) in [5.74, 6) is -1.35. The highest BCUT2D eigenvalue weighted by molar-refractivity contribution is 7.86. The van der Waals surface area contributed by atoms with Gasteiger partial charge in [0.05, 0.1) is 0 Å². The molecule has 0 spiro atoms. The lowest BCUT2D eigenvalue weighted by Gasteiger charge is -2.17. The van der Waals surface area contributed by atoms with Crippen molar-refractivity contribution in [1.82, 2.24) is 0 Å². The van der Waals surface area contributed by atoms with Gasteiger partial charge in [-0.1, -0.05) is 20.4 Å². The number of carbonyl (C=O) groups excluding carboxylic acids is 1. The van der Waals surface area contributed by atoms with Crippen LogP contribution >= 0.6 is 0 Å². The first-order chi connectivity index (χ1) is 6.16. The van der Waals surface area contributed by atoms with E-state index in [0.29, 0.717) is 0 Å². The minimum absolute atomic E-state index is 0.0827. The third-order valence-electron chi connectivity index (χ3n) is 1.41. The molecule has 0 aliphatic heterocycles. The first-order valence-corrected chi connectivity index (χ1v) is 5.49. The van der Waals surface area contributed by atoms with Crippen molar-refractivity contribution >= 4 is 16.1 Å². The van der Waals surface area contributed by atoms with Crippen LogP contribution in [0.15, 0.2) is 12.2 Å². The van der Waals surface area contributed by atoms with E-state index in [4.69, 9.17) is 4.55 Å². The maximum atomic E-state index is 11.0. The highest BCUT2D eigenvalue weighted by atomic mass is 32.2. The van der Waals surface area contributed by atoms with Crippen LogP contribution in [0, 0.1) is 5.92 Å². The molecule has 0 bridgehead atoms. The Morgan fingerprint density at radius 3 is 2.07 bits per heavy atom. The van der Waals surface area contributed by atoms with Crippen molar-refractivity contribution in [3.63, 3.8) is 0 Å². The zero-order chi connectivity index (χ0) is 11.5. The molecule has 0 aromatic carbocycles. The van der Waals surface area contributed by atoms with E-state index in [0.717, 1.165) is 0 Å². The van der Waals surface area contributed by atoms with E-state index in [9.17, 15) is 13.2 Å². The molecule has 0 saturated carbocycles. The van der Waals surface area contributed by atoms with Gasteiger partial charge in [0.25, 0.3) is 0 Å². The molecule has 0 aliphatic carbocycles. The van der Waals surface area contributed by atoms with Gasteiger partial charge in [-0.2, -0.15) is 8.42 Å². The molecule has 0 rings (SSSR count). The predicted octanol–water partition coefficient (Wildman–Crippen LogP) is 0.976. The predicted molar refractivity (Wildman–Crippen MR) is 51.1 cm³/mol. The summed E-state index contributed by atoms with van der Waals surface area (Å²) in [7, 11) is -4.38. The fourth-order valence-corrected chi connectivity index (χ4v) is 1.64. The Balaban J connectivity index is 4.74. The Kier molecular flexibility index (Phi) is 4.28. The molecule has 5 nitrogen and oxygen atoms in total. The summed E-state index contributed by atoms with van der Waals surface area (Å²) in [4.78, 5) is 11.0. The van der Waals surface area contributed by atoms with E-state index in [1.807, 2.05) is 0 Å². The van der Waals surface area contributed by atoms with Crippen LogP contribution in [0.1, 0.15) is 20.8 Å². The second-order valence-electron chi connectivity index (χ2n) is 3.31. The SMILES string of the molecule is C=C(C)C(=O)OC(C(C)C)S(=O)(=O)O. The molecule has 1 unspecified atom stereocenters. The number of ether oxygens (including phenoxy) is 1. The van der Waals surface area contributed by atoms with Crippen molar-refractivity contribution in [3.05, 3.63) is 12.2 Å². The molecule has 1 atom stereocenters. The van der Waals surface area contributed by atoms with Gasteiger partial charge in [0.15, 0.2) is 0 Å². The van der Waals surface area contributed by atoms with Crippen LogP contribution in [-0.4, -0.2) is 24.4 Å². The van der Waals surface area contributed by atoms with Gasteiger partial charge in [-0.15, -0.1) is 0 Å². The number of hydrogen-bond acceptors (Lipinski definition) is 4. The lowest BCUT2D eigenvalue weighted by atomic mass is 10.2. The average Bonchev–Trinajstić information content (AvgIpc) is 1.96. The summed E-state index contributed by atoms with van der Waals surface area (Å²) < 4.78 is 34.9. The number of hydrogen-bond donors (Lipinski definition) is 1. The molecule has 0 aliphatic rings. The van der Waals surface area contributed by atoms with Gasteiger partial charge in [-0.3, -0.25) is 4.55 Å². The Morgan fingerprint density at radius 1 is 1.43 bits per heavy atom. The molecule has 0 saturated heterocycles. The minimum atomic E-state index is -4.38. The molecule has 1 N–H and O–H groups in total. The fraction of sp³-hybridized carbons (Fsp3) is 0.625. The Bertz CT molecular complexity index is 328. The zero-order valence-electron chi connectivity index (χ0n) is 8.35. The molecule has 0 aromatic heterocycles. The van der Waals surface area contributed by atoms with Crippen LogP contribution in [0.2, 0.25) is 0 Å². The molecule has 0 aromatic rings. The highest BCUT2D eigenvalue weighted by Crippen LogP contribution is 2.14. The first kappa shape index (κ1) is 13.1. The third-order valence-corrected chi connectivity index (χ3v) is 2.64. The minimum Gasteiger partial charge on any atom is -0.440 e. The molecule has 6 heteroatoms. The average molecular weight is 222 g/mol. The topological polar surface area (TPSA) is 80.7 Å². The number of rotatable bonds is 4. The summed E-state index contributed by atoms with van der Waals surface area (Å²) in [5, 5.41) is 0. The van der Waals surface area contributed by atoms with E-state index in [1.54, 1.807) is 0 Å². The molecule has 0 heterocycles. The molecule has 82 valence electrons. The summed E-state index contributed by atoms with van der Waals surface area (Å²) in [6.07, 6.45) is 0. The van der Waals surface area contributed by atoms with Crippen LogP contribution < -0.4 is 0 Å².